The van der Waals surface area contributed by atoms with Gasteiger partial charge in [-0.1, -0.05) is 31.2 Å². The number of piperazine rings is 1. The minimum Gasteiger partial charge on any atom is -0.383 e. The normalized spacial score (nSPS) is 15.1. The fourth-order valence-electron chi connectivity index (χ4n) is 3.06. The van der Waals surface area contributed by atoms with E-state index in [2.05, 4.69) is 41.4 Å². The number of benzene rings is 1. The summed E-state index contributed by atoms with van der Waals surface area (Å²) in [5, 5.41) is 2.83. The van der Waals surface area contributed by atoms with E-state index in [0.29, 0.717) is 39.2 Å². The Morgan fingerprint density at radius 2 is 1.73 bits per heavy atom. The SMILES string of the molecule is CCc1ccc(CCC(=O)N2CCN(CC(=O)NCCOC)CC2)cc1. The molecule has 1 aliphatic rings. The topological polar surface area (TPSA) is 61.9 Å². The average Bonchev–Trinajstić information content (AvgIpc) is 2.67. The molecule has 0 bridgehead atoms. The molecule has 6 heteroatoms. The molecule has 1 N–H and O–H groups in total. The van der Waals surface area contributed by atoms with Crippen LogP contribution >= 0.6 is 0 Å². The first-order chi connectivity index (χ1) is 12.6. The van der Waals surface area contributed by atoms with Crippen LogP contribution in [0.3, 0.4) is 0 Å². The summed E-state index contributed by atoms with van der Waals surface area (Å²) >= 11 is 0. The molecule has 1 saturated heterocycles. The molecule has 6 nitrogen and oxygen atoms in total. The highest BCUT2D eigenvalue weighted by Gasteiger charge is 2.22. The third-order valence-electron chi connectivity index (χ3n) is 4.78. The molecule has 0 unspecified atom stereocenters. The van der Waals surface area contributed by atoms with Crippen molar-refractivity contribution in [1.82, 2.24) is 15.1 Å². The lowest BCUT2D eigenvalue weighted by molar-refractivity contribution is -0.133. The van der Waals surface area contributed by atoms with Gasteiger partial charge in [0.25, 0.3) is 0 Å². The second kappa shape index (κ2) is 10.9. The molecule has 1 aromatic carbocycles. The lowest BCUT2D eigenvalue weighted by Crippen LogP contribution is -2.51. The summed E-state index contributed by atoms with van der Waals surface area (Å²) in [6.07, 6.45) is 2.36. The van der Waals surface area contributed by atoms with Gasteiger partial charge in [0.2, 0.25) is 11.8 Å². The molecule has 1 aromatic rings. The molecular weight excluding hydrogens is 330 g/mol. The summed E-state index contributed by atoms with van der Waals surface area (Å²) in [5.74, 6) is 0.214. The highest BCUT2D eigenvalue weighted by molar-refractivity contribution is 5.78. The Labute approximate surface area is 156 Å². The number of amides is 2. The Morgan fingerprint density at radius 3 is 2.35 bits per heavy atom. The summed E-state index contributed by atoms with van der Waals surface area (Å²) < 4.78 is 4.92. The zero-order valence-electron chi connectivity index (χ0n) is 16.0. The fraction of sp³-hybridized carbons (Fsp3) is 0.600. The maximum atomic E-state index is 12.4. The van der Waals surface area contributed by atoms with E-state index in [4.69, 9.17) is 4.74 Å². The Morgan fingerprint density at radius 1 is 1.08 bits per heavy atom. The van der Waals surface area contributed by atoms with E-state index >= 15 is 0 Å². The zero-order valence-corrected chi connectivity index (χ0v) is 16.0. The molecular formula is C20H31N3O3. The quantitative estimate of drug-likeness (QED) is 0.669. The first-order valence-electron chi connectivity index (χ1n) is 9.46. The predicted octanol–water partition coefficient (Wildman–Crippen LogP) is 1.09. The maximum absolute atomic E-state index is 12.4. The van der Waals surface area contributed by atoms with Gasteiger partial charge in [0.05, 0.1) is 13.2 Å². The molecule has 0 aliphatic carbocycles. The van der Waals surface area contributed by atoms with Crippen molar-refractivity contribution in [3.63, 3.8) is 0 Å². The second-order valence-corrected chi connectivity index (χ2v) is 6.67. The van der Waals surface area contributed by atoms with Crippen molar-refractivity contribution in [2.24, 2.45) is 0 Å². The molecule has 26 heavy (non-hydrogen) atoms. The zero-order chi connectivity index (χ0) is 18.8. The first kappa shape index (κ1) is 20.4. The van der Waals surface area contributed by atoms with Crippen LogP contribution in [0, 0.1) is 0 Å². The van der Waals surface area contributed by atoms with Gasteiger partial charge in [0.15, 0.2) is 0 Å². The van der Waals surface area contributed by atoms with Crippen LogP contribution in [-0.4, -0.2) is 74.6 Å². The third-order valence-corrected chi connectivity index (χ3v) is 4.78. The number of carbonyl (C=O) groups excluding carboxylic acids is 2. The first-order valence-corrected chi connectivity index (χ1v) is 9.46. The molecule has 0 atom stereocenters. The summed E-state index contributed by atoms with van der Waals surface area (Å²) in [5.41, 5.74) is 2.53. The Balaban J connectivity index is 1.66. The Bertz CT molecular complexity index is 566. The smallest absolute Gasteiger partial charge is 0.234 e. The van der Waals surface area contributed by atoms with E-state index in [9.17, 15) is 9.59 Å². The van der Waals surface area contributed by atoms with Gasteiger partial charge >= 0.3 is 0 Å². The summed E-state index contributed by atoms with van der Waals surface area (Å²) in [6.45, 7) is 6.46. The van der Waals surface area contributed by atoms with Crippen molar-refractivity contribution in [2.45, 2.75) is 26.2 Å². The van der Waals surface area contributed by atoms with Gasteiger partial charge in [-0.05, 0) is 24.0 Å². The molecule has 2 rings (SSSR count). The van der Waals surface area contributed by atoms with Crippen molar-refractivity contribution >= 4 is 11.8 Å². The van der Waals surface area contributed by atoms with Crippen molar-refractivity contribution in [1.29, 1.82) is 0 Å². The van der Waals surface area contributed by atoms with Crippen molar-refractivity contribution < 1.29 is 14.3 Å². The summed E-state index contributed by atoms with van der Waals surface area (Å²) in [7, 11) is 1.61. The van der Waals surface area contributed by atoms with Crippen LogP contribution in [0.2, 0.25) is 0 Å². The van der Waals surface area contributed by atoms with E-state index < -0.39 is 0 Å². The number of ether oxygens (including phenoxy) is 1. The molecule has 0 spiro atoms. The molecule has 1 aliphatic heterocycles. The molecule has 2 amide bonds. The predicted molar refractivity (Wildman–Crippen MR) is 102 cm³/mol. The van der Waals surface area contributed by atoms with Gasteiger partial charge in [-0.3, -0.25) is 14.5 Å². The molecule has 0 aromatic heterocycles. The largest absolute Gasteiger partial charge is 0.383 e. The molecule has 1 heterocycles. The minimum atomic E-state index is 0.0114. The van der Waals surface area contributed by atoms with Gasteiger partial charge in [-0.25, -0.2) is 0 Å². The standard InChI is InChI=1S/C20H31N3O3/c1-3-17-4-6-18(7-5-17)8-9-20(25)23-13-11-22(12-14-23)16-19(24)21-10-15-26-2/h4-7H,3,8-16H2,1-2H3,(H,21,24). The second-order valence-electron chi connectivity index (χ2n) is 6.67. The van der Waals surface area contributed by atoms with Crippen LogP contribution in [0.15, 0.2) is 24.3 Å². The van der Waals surface area contributed by atoms with E-state index in [1.807, 2.05) is 4.90 Å². The number of methoxy groups -OCH3 is 1. The number of hydrogen-bond donors (Lipinski definition) is 1. The van der Waals surface area contributed by atoms with Crippen molar-refractivity contribution in [3.8, 4) is 0 Å². The third kappa shape index (κ3) is 6.77. The van der Waals surface area contributed by atoms with Crippen LogP contribution in [0.1, 0.15) is 24.5 Å². The van der Waals surface area contributed by atoms with E-state index in [1.54, 1.807) is 7.11 Å². The summed E-state index contributed by atoms with van der Waals surface area (Å²) in [6, 6.07) is 8.50. The number of carbonyl (C=O) groups is 2. The Hall–Kier alpha value is -1.92. The number of rotatable bonds is 9. The van der Waals surface area contributed by atoms with Crippen LogP contribution < -0.4 is 5.32 Å². The summed E-state index contributed by atoms with van der Waals surface area (Å²) in [4.78, 5) is 28.2. The van der Waals surface area contributed by atoms with Gasteiger partial charge in [0.1, 0.15) is 0 Å². The van der Waals surface area contributed by atoms with Crippen LogP contribution in [0.5, 0.6) is 0 Å². The van der Waals surface area contributed by atoms with E-state index in [-0.39, 0.29) is 11.8 Å². The van der Waals surface area contributed by atoms with Gasteiger partial charge in [-0.15, -0.1) is 0 Å². The van der Waals surface area contributed by atoms with Gasteiger partial charge in [0, 0.05) is 46.3 Å². The highest BCUT2D eigenvalue weighted by atomic mass is 16.5. The van der Waals surface area contributed by atoms with Crippen molar-refractivity contribution in [3.05, 3.63) is 35.4 Å². The van der Waals surface area contributed by atoms with E-state index in [0.717, 1.165) is 25.9 Å². The van der Waals surface area contributed by atoms with Crippen LogP contribution in [0.4, 0.5) is 0 Å². The number of nitrogens with zero attached hydrogens (tertiary/aromatic N) is 2. The molecule has 0 saturated carbocycles. The average molecular weight is 361 g/mol. The lowest BCUT2D eigenvalue weighted by Gasteiger charge is -2.34. The fourth-order valence-corrected chi connectivity index (χ4v) is 3.06. The van der Waals surface area contributed by atoms with Crippen molar-refractivity contribution in [2.75, 3.05) is 53.0 Å². The number of nitrogens with one attached hydrogen (secondary N) is 1. The van der Waals surface area contributed by atoms with Gasteiger partial charge in [-0.2, -0.15) is 0 Å². The number of hydrogen-bond acceptors (Lipinski definition) is 4. The molecule has 1 fully saturated rings. The highest BCUT2D eigenvalue weighted by Crippen LogP contribution is 2.10. The number of aryl methyl sites for hydroxylation is 2. The Kier molecular flexibility index (Phi) is 8.58. The molecule has 0 radical (unpaired) electrons. The van der Waals surface area contributed by atoms with Crippen LogP contribution in [0.25, 0.3) is 0 Å². The van der Waals surface area contributed by atoms with Gasteiger partial charge < -0.3 is 15.0 Å². The van der Waals surface area contributed by atoms with E-state index in [1.165, 1.54) is 11.1 Å². The maximum Gasteiger partial charge on any atom is 0.234 e. The lowest BCUT2D eigenvalue weighted by atomic mass is 10.1. The minimum absolute atomic E-state index is 0.0114. The van der Waals surface area contributed by atoms with Crippen LogP contribution in [-0.2, 0) is 27.2 Å². The molecule has 144 valence electrons. The monoisotopic (exact) mass is 361 g/mol.